The normalized spacial score (nSPS) is 27.0. The highest BCUT2D eigenvalue weighted by atomic mass is 16.6. The first-order valence-electron chi connectivity index (χ1n) is 9.73. The molecule has 0 saturated carbocycles. The zero-order valence-corrected chi connectivity index (χ0v) is 15.3. The molecule has 2 atom stereocenters. The van der Waals surface area contributed by atoms with Crippen molar-refractivity contribution < 1.29 is 14.3 Å². The summed E-state index contributed by atoms with van der Waals surface area (Å²) in [5.41, 5.74) is 1.14. The van der Waals surface area contributed by atoms with Gasteiger partial charge in [0.1, 0.15) is 12.6 Å². The molecule has 138 valence electrons. The molecule has 0 N–H and O–H groups in total. The summed E-state index contributed by atoms with van der Waals surface area (Å²) in [7, 11) is 0. The van der Waals surface area contributed by atoms with Gasteiger partial charge in [-0.3, -0.25) is 9.69 Å². The average molecular weight is 346 g/mol. The van der Waals surface area contributed by atoms with Crippen LogP contribution >= 0.6 is 0 Å². The molecule has 0 bridgehead atoms. The van der Waals surface area contributed by atoms with Crippen molar-refractivity contribution in [1.82, 2.24) is 9.80 Å². The van der Waals surface area contributed by atoms with Crippen LogP contribution in [0, 0.1) is 5.92 Å². The Kier molecular flexibility index (Phi) is 6.16. The summed E-state index contributed by atoms with van der Waals surface area (Å²) in [6.07, 6.45) is 12.9. The molecule has 0 radical (unpaired) electrons. The molecule has 0 aromatic carbocycles. The Balaban J connectivity index is 1.57. The first kappa shape index (κ1) is 18.0. The first-order valence-corrected chi connectivity index (χ1v) is 9.73. The van der Waals surface area contributed by atoms with Gasteiger partial charge in [-0.15, -0.1) is 0 Å². The van der Waals surface area contributed by atoms with Gasteiger partial charge in [0.15, 0.2) is 0 Å². The van der Waals surface area contributed by atoms with Crippen LogP contribution in [0.5, 0.6) is 0 Å². The quantitative estimate of drug-likeness (QED) is 0.786. The van der Waals surface area contributed by atoms with Crippen molar-refractivity contribution >= 4 is 12.0 Å². The number of carbonyl (C=O) groups excluding carboxylic acids is 2. The lowest BCUT2D eigenvalue weighted by Crippen LogP contribution is -2.54. The van der Waals surface area contributed by atoms with Gasteiger partial charge in [-0.25, -0.2) is 4.79 Å². The van der Waals surface area contributed by atoms with Gasteiger partial charge < -0.3 is 9.64 Å². The van der Waals surface area contributed by atoms with Crippen molar-refractivity contribution in [2.24, 2.45) is 5.92 Å². The van der Waals surface area contributed by atoms with E-state index in [-0.39, 0.29) is 18.0 Å². The molecule has 2 aliphatic heterocycles. The standard InChI is InChI=1S/C20H30N2O3/c1-16-8-7-9-17(14-16)15-25-20(24)22-13-6-3-10-18(22)19(23)21-11-4-2-5-12-21/h7-9,16,18H,2-6,10-15H2,1H3/t16?,18-/m0/s1. The molecule has 2 saturated heterocycles. The van der Waals surface area contributed by atoms with E-state index in [2.05, 4.69) is 13.0 Å². The fourth-order valence-electron chi connectivity index (χ4n) is 4.01. The number of nitrogens with zero attached hydrogens (tertiary/aromatic N) is 2. The highest BCUT2D eigenvalue weighted by molar-refractivity contribution is 5.86. The zero-order valence-electron chi connectivity index (χ0n) is 15.3. The van der Waals surface area contributed by atoms with Crippen molar-refractivity contribution in [3.63, 3.8) is 0 Å². The van der Waals surface area contributed by atoms with E-state index in [9.17, 15) is 9.59 Å². The molecule has 0 aromatic rings. The molecule has 2 fully saturated rings. The molecular formula is C20H30N2O3. The number of rotatable bonds is 3. The van der Waals surface area contributed by atoms with Crippen molar-refractivity contribution in [3.8, 4) is 0 Å². The van der Waals surface area contributed by atoms with E-state index in [0.717, 1.165) is 57.2 Å². The molecule has 5 heteroatoms. The molecule has 0 aromatic heterocycles. The van der Waals surface area contributed by atoms with Gasteiger partial charge in [0, 0.05) is 19.6 Å². The molecule has 2 amide bonds. The van der Waals surface area contributed by atoms with Crippen LogP contribution in [0.4, 0.5) is 4.79 Å². The van der Waals surface area contributed by atoms with Crippen LogP contribution in [0.2, 0.25) is 0 Å². The van der Waals surface area contributed by atoms with Crippen molar-refractivity contribution in [2.45, 2.75) is 57.9 Å². The van der Waals surface area contributed by atoms with Crippen molar-refractivity contribution in [3.05, 3.63) is 23.8 Å². The van der Waals surface area contributed by atoms with E-state index < -0.39 is 0 Å². The molecule has 5 nitrogen and oxygen atoms in total. The molecule has 1 unspecified atom stereocenters. The molecule has 0 spiro atoms. The minimum atomic E-state index is -0.335. The minimum Gasteiger partial charge on any atom is -0.445 e. The Morgan fingerprint density at radius 3 is 2.64 bits per heavy atom. The SMILES string of the molecule is CC1C=CC=C(COC(=O)N2CCCC[C@H]2C(=O)N2CCCCC2)C1. The summed E-state index contributed by atoms with van der Waals surface area (Å²) in [5, 5.41) is 0. The minimum absolute atomic E-state index is 0.116. The summed E-state index contributed by atoms with van der Waals surface area (Å²) < 4.78 is 5.55. The maximum atomic E-state index is 12.9. The number of amides is 2. The Morgan fingerprint density at radius 1 is 1.12 bits per heavy atom. The van der Waals surface area contributed by atoms with Crippen LogP contribution in [0.25, 0.3) is 0 Å². The molecule has 25 heavy (non-hydrogen) atoms. The Labute approximate surface area is 150 Å². The molecule has 1 aliphatic carbocycles. The molecule has 3 rings (SSSR count). The Bertz CT molecular complexity index is 549. The highest BCUT2D eigenvalue weighted by Gasteiger charge is 2.36. The van der Waals surface area contributed by atoms with Crippen LogP contribution in [-0.2, 0) is 9.53 Å². The predicted molar refractivity (Wildman–Crippen MR) is 97.1 cm³/mol. The smallest absolute Gasteiger partial charge is 0.410 e. The van der Waals surface area contributed by atoms with Crippen molar-refractivity contribution in [1.29, 1.82) is 0 Å². The van der Waals surface area contributed by atoms with Gasteiger partial charge in [-0.05, 0) is 56.4 Å². The van der Waals surface area contributed by atoms with Gasteiger partial charge in [0.25, 0.3) is 0 Å². The molecule has 2 heterocycles. The van der Waals surface area contributed by atoms with Gasteiger partial charge in [0.05, 0.1) is 0 Å². The third-order valence-electron chi connectivity index (χ3n) is 5.43. The maximum absolute atomic E-state index is 12.9. The lowest BCUT2D eigenvalue weighted by atomic mass is 9.97. The molecule has 3 aliphatic rings. The second-order valence-electron chi connectivity index (χ2n) is 7.54. The van der Waals surface area contributed by atoms with Crippen molar-refractivity contribution in [2.75, 3.05) is 26.2 Å². The Hall–Kier alpha value is -1.78. The zero-order chi connectivity index (χ0) is 17.6. The van der Waals surface area contributed by atoms with E-state index in [1.807, 2.05) is 17.1 Å². The second kappa shape index (κ2) is 8.54. The van der Waals surface area contributed by atoms with Crippen LogP contribution in [0.3, 0.4) is 0 Å². The van der Waals surface area contributed by atoms with E-state index in [1.54, 1.807) is 4.90 Å². The van der Waals surface area contributed by atoms with Gasteiger partial charge >= 0.3 is 6.09 Å². The fourth-order valence-corrected chi connectivity index (χ4v) is 4.01. The van der Waals surface area contributed by atoms with Crippen LogP contribution in [-0.4, -0.2) is 54.1 Å². The first-order chi connectivity index (χ1) is 12.1. The summed E-state index contributed by atoms with van der Waals surface area (Å²) in [4.78, 5) is 29.1. The topological polar surface area (TPSA) is 49.9 Å². The van der Waals surface area contributed by atoms with E-state index in [4.69, 9.17) is 4.74 Å². The van der Waals surface area contributed by atoms with Crippen LogP contribution < -0.4 is 0 Å². The van der Waals surface area contributed by atoms with E-state index >= 15 is 0 Å². The summed E-state index contributed by atoms with van der Waals surface area (Å²) in [6.45, 7) is 4.76. The number of carbonyl (C=O) groups is 2. The van der Waals surface area contributed by atoms with Crippen LogP contribution in [0.1, 0.15) is 51.9 Å². The summed E-state index contributed by atoms with van der Waals surface area (Å²) in [5.74, 6) is 0.604. The number of hydrogen-bond acceptors (Lipinski definition) is 3. The maximum Gasteiger partial charge on any atom is 0.410 e. The third-order valence-corrected chi connectivity index (χ3v) is 5.43. The average Bonchev–Trinajstić information content (AvgIpc) is 2.66. The predicted octanol–water partition coefficient (Wildman–Crippen LogP) is 3.51. The van der Waals surface area contributed by atoms with Gasteiger partial charge in [-0.1, -0.05) is 25.2 Å². The largest absolute Gasteiger partial charge is 0.445 e. The van der Waals surface area contributed by atoms with E-state index in [1.165, 1.54) is 6.42 Å². The van der Waals surface area contributed by atoms with Gasteiger partial charge in [-0.2, -0.15) is 0 Å². The number of hydrogen-bond donors (Lipinski definition) is 0. The summed E-state index contributed by atoms with van der Waals surface area (Å²) in [6, 6.07) is -0.335. The monoisotopic (exact) mass is 346 g/mol. The lowest BCUT2D eigenvalue weighted by molar-refractivity contribution is -0.138. The number of ether oxygens (including phenoxy) is 1. The highest BCUT2D eigenvalue weighted by Crippen LogP contribution is 2.23. The summed E-state index contributed by atoms with van der Waals surface area (Å²) >= 11 is 0. The lowest BCUT2D eigenvalue weighted by Gasteiger charge is -2.38. The van der Waals surface area contributed by atoms with E-state index in [0.29, 0.717) is 19.1 Å². The second-order valence-corrected chi connectivity index (χ2v) is 7.54. The fraction of sp³-hybridized carbons (Fsp3) is 0.700. The van der Waals surface area contributed by atoms with Gasteiger partial charge in [0.2, 0.25) is 5.91 Å². The Morgan fingerprint density at radius 2 is 1.88 bits per heavy atom. The number of allylic oxidation sites excluding steroid dienone is 3. The third kappa shape index (κ3) is 4.65. The molecular weight excluding hydrogens is 316 g/mol. The van der Waals surface area contributed by atoms with Crippen LogP contribution in [0.15, 0.2) is 23.8 Å². The number of likely N-dealkylation sites (tertiary alicyclic amines) is 2. The number of piperidine rings is 2.